The molecule has 8 rings (SSSR count). The summed E-state index contributed by atoms with van der Waals surface area (Å²) in [5, 5.41) is 16.9. The van der Waals surface area contributed by atoms with Crippen LogP contribution in [0.4, 0.5) is 39.8 Å². The Balaban J connectivity index is 1.46. The Kier molecular flexibility index (Phi) is 7.90. The second kappa shape index (κ2) is 12.6. The molecular weight excluding hydrogens is 633 g/mol. The number of benzene rings is 8. The first kappa shape index (κ1) is 32.6. The van der Waals surface area contributed by atoms with Crippen molar-refractivity contribution >= 4 is 72.1 Å². The third kappa shape index (κ3) is 5.47. The molecule has 0 unspecified atom stereocenters. The highest BCUT2D eigenvalue weighted by molar-refractivity contribution is 6.29. The normalized spacial score (nSPS) is 11.2. The van der Waals surface area contributed by atoms with Crippen molar-refractivity contribution in [2.45, 2.75) is 41.5 Å². The van der Waals surface area contributed by atoms with Crippen LogP contribution in [0.25, 0.3) is 37.2 Å². The zero-order chi connectivity index (χ0) is 36.3. The Labute approximate surface area is 305 Å². The topological polar surface area (TPSA) is 34.6 Å². The number of nitrogens with zero attached hydrogens (tertiary/aromatic N) is 4. The zero-order valence-corrected chi connectivity index (χ0v) is 30.3. The highest BCUT2D eigenvalue weighted by atomic mass is 15.2. The van der Waals surface area contributed by atoms with E-state index >= 15 is 0 Å². The molecule has 0 aliphatic carbocycles. The van der Waals surface area contributed by atoms with E-state index in [2.05, 4.69) is 147 Å². The maximum absolute atomic E-state index is 9.61. The monoisotopic (exact) mass is 670 g/mol. The van der Waals surface area contributed by atoms with Crippen LogP contribution in [0.1, 0.15) is 38.9 Å². The molecule has 0 N–H and O–H groups in total. The van der Waals surface area contributed by atoms with Crippen molar-refractivity contribution in [1.82, 2.24) is 0 Å². The number of anilines is 6. The lowest BCUT2D eigenvalue weighted by atomic mass is 9.88. The van der Waals surface area contributed by atoms with E-state index in [1.54, 1.807) is 0 Å². The number of nitriles is 1. The van der Waals surface area contributed by atoms with E-state index < -0.39 is 0 Å². The molecule has 8 aromatic carbocycles. The van der Waals surface area contributed by atoms with Crippen LogP contribution in [0.3, 0.4) is 0 Å². The van der Waals surface area contributed by atoms with Gasteiger partial charge >= 0.3 is 0 Å². The van der Waals surface area contributed by atoms with Gasteiger partial charge in [0.05, 0.1) is 29.6 Å². The molecule has 0 fully saturated rings. The third-order valence-electron chi connectivity index (χ3n) is 10.2. The summed E-state index contributed by atoms with van der Waals surface area (Å²) in [7, 11) is 0. The van der Waals surface area contributed by atoms with Crippen LogP contribution in [0.5, 0.6) is 0 Å². The van der Waals surface area contributed by atoms with Crippen LogP contribution in [-0.2, 0) is 0 Å². The summed E-state index contributed by atoms with van der Waals surface area (Å²) in [6.45, 7) is 20.6. The number of hydrogen-bond donors (Lipinski definition) is 0. The second-order valence-electron chi connectivity index (χ2n) is 14.1. The van der Waals surface area contributed by atoms with Gasteiger partial charge in [0, 0.05) is 33.5 Å². The highest BCUT2D eigenvalue weighted by Gasteiger charge is 2.24. The standard InChI is InChI=1S/C48H38N4/c1-29-20-30(2)23-39(22-29)51(37-12-8-35(28-49)9-13-37)45-26-33(5)41-17-19-44-46(27-34(6)42-16-18-43(45)47(41)48(42)44)52(38-14-10-36(50-7)11-15-38)40-24-31(3)21-32(4)25-40/h8-27H,1-6H3. The van der Waals surface area contributed by atoms with E-state index in [-0.39, 0.29) is 0 Å². The highest BCUT2D eigenvalue weighted by Crippen LogP contribution is 2.49. The quantitative estimate of drug-likeness (QED) is 0.130. The molecule has 0 radical (unpaired) electrons. The smallest absolute Gasteiger partial charge is 0.187 e. The van der Waals surface area contributed by atoms with Gasteiger partial charge in [0.15, 0.2) is 5.69 Å². The summed E-state index contributed by atoms with van der Waals surface area (Å²) < 4.78 is 0. The molecule has 0 saturated heterocycles. The van der Waals surface area contributed by atoms with Crippen LogP contribution in [0.15, 0.2) is 121 Å². The SMILES string of the molecule is [C-]#[N+]c1ccc(N(c2cc(C)cc(C)c2)c2cc(C)c3ccc4c(N(c5ccc(C#N)cc5)c5cc(C)cc(C)c5)cc(C)c5ccc2c3c54)cc1. The van der Waals surface area contributed by atoms with Gasteiger partial charge in [0.2, 0.25) is 0 Å². The molecule has 0 amide bonds. The van der Waals surface area contributed by atoms with Crippen LogP contribution in [0.2, 0.25) is 0 Å². The minimum atomic E-state index is 0.620. The van der Waals surface area contributed by atoms with Crippen LogP contribution in [0, 0.1) is 59.4 Å². The Morgan fingerprint density at radius 3 is 1.23 bits per heavy atom. The zero-order valence-electron chi connectivity index (χ0n) is 30.3. The van der Waals surface area contributed by atoms with Gasteiger partial charge in [-0.2, -0.15) is 5.26 Å². The fourth-order valence-electron chi connectivity index (χ4n) is 8.05. The van der Waals surface area contributed by atoms with E-state index in [0.717, 1.165) is 39.5 Å². The average Bonchev–Trinajstić information content (AvgIpc) is 3.12. The largest absolute Gasteiger partial charge is 0.310 e. The maximum Gasteiger partial charge on any atom is 0.187 e. The van der Waals surface area contributed by atoms with Gasteiger partial charge in [-0.25, -0.2) is 4.85 Å². The first-order valence-corrected chi connectivity index (χ1v) is 17.6. The molecule has 4 nitrogen and oxygen atoms in total. The van der Waals surface area contributed by atoms with Gasteiger partial charge < -0.3 is 9.80 Å². The molecule has 0 bridgehead atoms. The molecule has 0 spiro atoms. The van der Waals surface area contributed by atoms with Gasteiger partial charge in [-0.05, 0) is 169 Å². The van der Waals surface area contributed by atoms with Crippen molar-refractivity contribution in [3.05, 3.63) is 172 Å². The fourth-order valence-corrected chi connectivity index (χ4v) is 8.05. The summed E-state index contributed by atoms with van der Waals surface area (Å²) >= 11 is 0. The Bertz CT molecular complexity index is 2530. The lowest BCUT2D eigenvalue weighted by Gasteiger charge is -2.31. The molecule has 0 saturated carbocycles. The van der Waals surface area contributed by atoms with Crippen molar-refractivity contribution in [2.75, 3.05) is 9.80 Å². The van der Waals surface area contributed by atoms with E-state index in [1.807, 2.05) is 36.4 Å². The van der Waals surface area contributed by atoms with Gasteiger partial charge in [-0.1, -0.05) is 48.5 Å². The predicted molar refractivity (Wildman–Crippen MR) is 219 cm³/mol. The molecule has 52 heavy (non-hydrogen) atoms. The lowest BCUT2D eigenvalue weighted by Crippen LogP contribution is -2.12. The fraction of sp³-hybridized carbons (Fsp3) is 0.125. The third-order valence-corrected chi connectivity index (χ3v) is 10.2. The van der Waals surface area contributed by atoms with E-state index in [4.69, 9.17) is 6.57 Å². The van der Waals surface area contributed by atoms with Crippen molar-refractivity contribution in [3.8, 4) is 6.07 Å². The first-order valence-electron chi connectivity index (χ1n) is 17.6. The Morgan fingerprint density at radius 2 is 0.846 bits per heavy atom. The molecular formula is C48H38N4. The summed E-state index contributed by atoms with van der Waals surface area (Å²) in [6.07, 6.45) is 0. The summed E-state index contributed by atoms with van der Waals surface area (Å²) in [4.78, 5) is 8.36. The van der Waals surface area contributed by atoms with E-state index in [9.17, 15) is 5.26 Å². The average molecular weight is 671 g/mol. The number of aryl methyl sites for hydroxylation is 6. The molecule has 0 aliphatic rings. The Hall–Kier alpha value is -6.62. The molecule has 4 heteroatoms. The molecule has 0 atom stereocenters. The molecule has 8 aromatic rings. The van der Waals surface area contributed by atoms with Crippen molar-refractivity contribution in [1.29, 1.82) is 5.26 Å². The first-order chi connectivity index (χ1) is 25.1. The molecule has 0 heterocycles. The second-order valence-corrected chi connectivity index (χ2v) is 14.1. The van der Waals surface area contributed by atoms with E-state index in [0.29, 0.717) is 11.3 Å². The number of hydrogen-bond acceptors (Lipinski definition) is 3. The summed E-state index contributed by atoms with van der Waals surface area (Å²) in [5.74, 6) is 0. The van der Waals surface area contributed by atoms with Crippen molar-refractivity contribution < 1.29 is 0 Å². The van der Waals surface area contributed by atoms with Gasteiger partial charge in [-0.3, -0.25) is 0 Å². The molecule has 0 aromatic heterocycles. The van der Waals surface area contributed by atoms with Crippen LogP contribution >= 0.6 is 0 Å². The molecule has 0 aliphatic heterocycles. The molecule has 250 valence electrons. The van der Waals surface area contributed by atoms with Gasteiger partial charge in [-0.15, -0.1) is 0 Å². The van der Waals surface area contributed by atoms with Crippen molar-refractivity contribution in [2.24, 2.45) is 0 Å². The number of rotatable bonds is 6. The Morgan fingerprint density at radius 1 is 0.462 bits per heavy atom. The van der Waals surface area contributed by atoms with Crippen molar-refractivity contribution in [3.63, 3.8) is 0 Å². The summed E-state index contributed by atoms with van der Waals surface area (Å²) in [6, 6.07) is 45.2. The lowest BCUT2D eigenvalue weighted by molar-refractivity contribution is 1.26. The predicted octanol–water partition coefficient (Wildman–Crippen LogP) is 13.8. The maximum atomic E-state index is 9.61. The van der Waals surface area contributed by atoms with Crippen LogP contribution < -0.4 is 9.80 Å². The minimum Gasteiger partial charge on any atom is -0.310 e. The van der Waals surface area contributed by atoms with Crippen LogP contribution in [-0.4, -0.2) is 0 Å². The van der Waals surface area contributed by atoms with Gasteiger partial charge in [0.1, 0.15) is 0 Å². The minimum absolute atomic E-state index is 0.620. The summed E-state index contributed by atoms with van der Waals surface area (Å²) in [5.41, 5.74) is 14.8. The van der Waals surface area contributed by atoms with E-state index in [1.165, 1.54) is 60.3 Å². The van der Waals surface area contributed by atoms with Gasteiger partial charge in [0.25, 0.3) is 0 Å².